The summed E-state index contributed by atoms with van der Waals surface area (Å²) < 4.78 is 6.53. The number of pyridine rings is 1. The first-order valence-electron chi connectivity index (χ1n) is 6.37. The number of halogens is 2. The zero-order valence-corrected chi connectivity index (χ0v) is 13.0. The van der Waals surface area contributed by atoms with E-state index in [1.54, 1.807) is 12.3 Å². The molecule has 1 N–H and O–H groups in total. The van der Waals surface area contributed by atoms with E-state index in [4.69, 9.17) is 16.3 Å². The highest BCUT2D eigenvalue weighted by Gasteiger charge is 2.20. The fourth-order valence-corrected chi connectivity index (χ4v) is 2.89. The minimum absolute atomic E-state index is 0.442. The molecule has 0 saturated heterocycles. The Kier molecular flexibility index (Phi) is 3.96. The van der Waals surface area contributed by atoms with Crippen molar-refractivity contribution in [2.24, 2.45) is 0 Å². The maximum atomic E-state index is 10.3. The summed E-state index contributed by atoms with van der Waals surface area (Å²) >= 11 is 9.45. The fraction of sp³-hybridized carbons (Fsp3) is 0.267. The second-order valence-corrected chi connectivity index (χ2v) is 6.12. The van der Waals surface area contributed by atoms with Crippen molar-refractivity contribution >= 4 is 27.5 Å². The van der Waals surface area contributed by atoms with Gasteiger partial charge < -0.3 is 9.84 Å². The summed E-state index contributed by atoms with van der Waals surface area (Å²) in [4.78, 5) is 4.22. The lowest BCUT2D eigenvalue weighted by Gasteiger charge is -2.13. The van der Waals surface area contributed by atoms with E-state index in [1.165, 1.54) is 0 Å². The Balaban J connectivity index is 1.86. The third-order valence-electron chi connectivity index (χ3n) is 3.33. The number of nitrogens with zero attached hydrogens (tertiary/aromatic N) is 1. The molecule has 20 heavy (non-hydrogen) atoms. The van der Waals surface area contributed by atoms with Gasteiger partial charge in [-0.25, -0.2) is 0 Å². The highest BCUT2D eigenvalue weighted by molar-refractivity contribution is 9.10. The first-order chi connectivity index (χ1) is 9.63. The Hall–Kier alpha value is -1.10. The summed E-state index contributed by atoms with van der Waals surface area (Å²) in [6, 6.07) is 7.45. The number of benzene rings is 1. The molecular weight excluding hydrogens is 342 g/mol. The molecule has 2 aromatic rings. The first kappa shape index (κ1) is 13.9. The summed E-state index contributed by atoms with van der Waals surface area (Å²) in [5, 5.41) is 11.0. The van der Waals surface area contributed by atoms with Gasteiger partial charge in [0.1, 0.15) is 11.9 Å². The van der Waals surface area contributed by atoms with Crippen molar-refractivity contribution in [3.63, 3.8) is 0 Å². The maximum absolute atomic E-state index is 10.3. The Morgan fingerprint density at radius 2 is 2.25 bits per heavy atom. The van der Waals surface area contributed by atoms with E-state index in [0.29, 0.717) is 23.7 Å². The van der Waals surface area contributed by atoms with Crippen molar-refractivity contribution in [3.8, 4) is 5.75 Å². The van der Waals surface area contributed by atoms with Crippen molar-refractivity contribution in [2.45, 2.75) is 18.9 Å². The molecular formula is C15H13BrClNO2. The monoisotopic (exact) mass is 353 g/mol. The van der Waals surface area contributed by atoms with E-state index >= 15 is 0 Å². The molecule has 104 valence electrons. The van der Waals surface area contributed by atoms with Crippen LogP contribution < -0.4 is 4.74 Å². The summed E-state index contributed by atoms with van der Waals surface area (Å²) in [5.74, 6) is 0.866. The van der Waals surface area contributed by atoms with Crippen LogP contribution in [0.5, 0.6) is 5.75 Å². The smallest absolute Gasteiger partial charge is 0.126 e. The molecule has 0 aliphatic carbocycles. The second kappa shape index (κ2) is 5.72. The molecule has 5 heteroatoms. The van der Waals surface area contributed by atoms with Crippen LogP contribution in [0.25, 0.3) is 0 Å². The van der Waals surface area contributed by atoms with E-state index in [9.17, 15) is 5.11 Å². The largest absolute Gasteiger partial charge is 0.493 e. The molecule has 3 rings (SSSR count). The van der Waals surface area contributed by atoms with Crippen LogP contribution in [0.15, 0.2) is 34.9 Å². The van der Waals surface area contributed by atoms with Gasteiger partial charge in [-0.15, -0.1) is 0 Å². The average Bonchev–Trinajstić information content (AvgIpc) is 2.87. The molecule has 2 heterocycles. The number of aromatic nitrogens is 1. The molecule has 0 amide bonds. The van der Waals surface area contributed by atoms with Gasteiger partial charge >= 0.3 is 0 Å². The lowest BCUT2D eigenvalue weighted by molar-refractivity contribution is 0.172. The number of hydrogen-bond acceptors (Lipinski definition) is 3. The van der Waals surface area contributed by atoms with Crippen molar-refractivity contribution in [1.82, 2.24) is 4.98 Å². The number of aliphatic hydroxyl groups is 1. The predicted octanol–water partition coefficient (Wildman–Crippen LogP) is 3.71. The zero-order valence-electron chi connectivity index (χ0n) is 10.6. The van der Waals surface area contributed by atoms with E-state index in [-0.39, 0.29) is 0 Å². The van der Waals surface area contributed by atoms with Gasteiger partial charge in [-0.3, -0.25) is 4.98 Å². The van der Waals surface area contributed by atoms with Crippen LogP contribution >= 0.6 is 27.5 Å². The summed E-state index contributed by atoms with van der Waals surface area (Å²) in [6.45, 7) is 0.676. The summed E-state index contributed by atoms with van der Waals surface area (Å²) in [7, 11) is 0. The van der Waals surface area contributed by atoms with Gasteiger partial charge in [-0.1, -0.05) is 11.6 Å². The summed E-state index contributed by atoms with van der Waals surface area (Å²) in [6.07, 6.45) is 2.32. The van der Waals surface area contributed by atoms with Crippen molar-refractivity contribution in [1.29, 1.82) is 0 Å². The van der Waals surface area contributed by atoms with E-state index in [1.807, 2.05) is 18.2 Å². The Morgan fingerprint density at radius 3 is 3.00 bits per heavy atom. The topological polar surface area (TPSA) is 42.4 Å². The van der Waals surface area contributed by atoms with Crippen molar-refractivity contribution in [3.05, 3.63) is 56.8 Å². The lowest BCUT2D eigenvalue weighted by atomic mass is 10.0. The number of hydrogen-bond donors (Lipinski definition) is 1. The third kappa shape index (κ3) is 2.82. The van der Waals surface area contributed by atoms with Crippen LogP contribution in [0.2, 0.25) is 5.02 Å². The standard InChI is InChI=1S/C15H13BrClNO2/c16-11-1-2-13(18-8-11)14(19)7-10-6-12(17)5-9-3-4-20-15(9)10/h1-2,5-6,8,14,19H,3-4,7H2. The molecule has 1 aromatic heterocycles. The van der Waals surface area contributed by atoms with Crippen LogP contribution in [0.4, 0.5) is 0 Å². The molecule has 0 spiro atoms. The van der Waals surface area contributed by atoms with E-state index < -0.39 is 6.10 Å². The van der Waals surface area contributed by atoms with Crippen molar-refractivity contribution in [2.75, 3.05) is 6.61 Å². The number of aliphatic hydroxyl groups excluding tert-OH is 1. The first-order valence-corrected chi connectivity index (χ1v) is 7.54. The zero-order chi connectivity index (χ0) is 14.1. The normalized spacial score (nSPS) is 14.8. The highest BCUT2D eigenvalue weighted by atomic mass is 79.9. The van der Waals surface area contributed by atoms with Gasteiger partial charge in [0.05, 0.1) is 12.3 Å². The molecule has 0 bridgehead atoms. The quantitative estimate of drug-likeness (QED) is 0.913. The van der Waals surface area contributed by atoms with Crippen LogP contribution in [0.1, 0.15) is 22.9 Å². The molecule has 1 aliphatic heterocycles. The number of rotatable bonds is 3. The third-order valence-corrected chi connectivity index (χ3v) is 4.02. The Morgan fingerprint density at radius 1 is 1.40 bits per heavy atom. The van der Waals surface area contributed by atoms with Crippen LogP contribution in [0, 0.1) is 0 Å². The van der Waals surface area contributed by atoms with Crippen LogP contribution in [-0.2, 0) is 12.8 Å². The molecule has 1 atom stereocenters. The summed E-state index contributed by atoms with van der Waals surface area (Å²) in [5.41, 5.74) is 2.69. The molecule has 0 fully saturated rings. The Labute approximate surface area is 130 Å². The number of fused-ring (bicyclic) bond motifs is 1. The van der Waals surface area contributed by atoms with Crippen molar-refractivity contribution < 1.29 is 9.84 Å². The molecule has 1 unspecified atom stereocenters. The molecule has 1 aromatic carbocycles. The van der Waals surface area contributed by atoms with Gasteiger partial charge in [0, 0.05) is 28.5 Å². The molecule has 0 radical (unpaired) electrons. The average molecular weight is 355 g/mol. The van der Waals surface area contributed by atoms with Gasteiger partial charge in [0.15, 0.2) is 0 Å². The van der Waals surface area contributed by atoms with Gasteiger partial charge in [0.2, 0.25) is 0 Å². The lowest BCUT2D eigenvalue weighted by Crippen LogP contribution is -2.05. The number of ether oxygens (including phenoxy) is 1. The molecule has 1 aliphatic rings. The minimum atomic E-state index is -0.671. The Bertz CT molecular complexity index is 631. The maximum Gasteiger partial charge on any atom is 0.126 e. The van der Waals surface area contributed by atoms with Crippen LogP contribution in [-0.4, -0.2) is 16.7 Å². The predicted molar refractivity (Wildman–Crippen MR) is 81.3 cm³/mol. The van der Waals surface area contributed by atoms with Crippen LogP contribution in [0.3, 0.4) is 0 Å². The minimum Gasteiger partial charge on any atom is -0.493 e. The molecule has 0 saturated carbocycles. The van der Waals surface area contributed by atoms with Gasteiger partial charge in [0.25, 0.3) is 0 Å². The molecule has 3 nitrogen and oxygen atoms in total. The van der Waals surface area contributed by atoms with Gasteiger partial charge in [-0.05, 0) is 51.3 Å². The SMILES string of the molecule is OC(Cc1cc(Cl)cc2c1OCC2)c1ccc(Br)cn1. The highest BCUT2D eigenvalue weighted by Crippen LogP contribution is 2.35. The van der Waals surface area contributed by atoms with Gasteiger partial charge in [-0.2, -0.15) is 0 Å². The van der Waals surface area contributed by atoms with E-state index in [0.717, 1.165) is 27.8 Å². The second-order valence-electron chi connectivity index (χ2n) is 4.77. The van der Waals surface area contributed by atoms with E-state index in [2.05, 4.69) is 20.9 Å². The fourth-order valence-electron chi connectivity index (χ4n) is 2.39.